The maximum absolute atomic E-state index is 13.6. The van der Waals surface area contributed by atoms with E-state index in [4.69, 9.17) is 23.2 Å². The van der Waals surface area contributed by atoms with Crippen LogP contribution in [0.15, 0.2) is 76.7 Å². The normalized spacial score (nSPS) is 21.2. The summed E-state index contributed by atoms with van der Waals surface area (Å²) in [5, 5.41) is 12.2. The van der Waals surface area contributed by atoms with Crippen LogP contribution < -0.4 is 10.6 Å². The monoisotopic (exact) mass is 607 g/mol. The number of amides is 2. The Hall–Kier alpha value is -3.41. The lowest BCUT2D eigenvalue weighted by Gasteiger charge is -2.37. The van der Waals surface area contributed by atoms with E-state index in [1.54, 1.807) is 6.08 Å². The lowest BCUT2D eigenvalue weighted by Crippen LogP contribution is -2.51. The topological polar surface area (TPSA) is 88.9 Å². The fourth-order valence-corrected chi connectivity index (χ4v) is 6.05. The zero-order chi connectivity index (χ0) is 28.6. The van der Waals surface area contributed by atoms with Gasteiger partial charge in [0.2, 0.25) is 5.91 Å². The third-order valence-corrected chi connectivity index (χ3v) is 8.27. The molecule has 4 unspecified atom stereocenters. The van der Waals surface area contributed by atoms with Crippen LogP contribution in [0.1, 0.15) is 41.1 Å². The highest BCUT2D eigenvalue weighted by Gasteiger charge is 2.41. The highest BCUT2D eigenvalue weighted by molar-refractivity contribution is 7.08. The molecule has 0 radical (unpaired) electrons. The van der Waals surface area contributed by atoms with Crippen LogP contribution >= 0.6 is 34.5 Å². The molecule has 40 heavy (non-hydrogen) atoms. The summed E-state index contributed by atoms with van der Waals surface area (Å²) in [6.07, 6.45) is 4.38. The molecule has 13 heteroatoms. The number of fused-ring (bicyclic) bond motifs is 1. The summed E-state index contributed by atoms with van der Waals surface area (Å²) in [6, 6.07) is 4.07. The number of aromatic nitrogens is 3. The number of hydrogen-bond donors (Lipinski definition) is 2. The lowest BCUT2D eigenvalue weighted by molar-refractivity contribution is -0.141. The molecule has 0 aromatic carbocycles. The molecule has 0 aliphatic heterocycles. The fourth-order valence-electron chi connectivity index (χ4n) is 4.65. The molecule has 3 aromatic heterocycles. The number of carbonyl (C=O) groups is 2. The number of halogens is 5. The average molecular weight is 608 g/mol. The molecule has 3 heterocycles. The first-order valence-corrected chi connectivity index (χ1v) is 13.9. The van der Waals surface area contributed by atoms with Crippen LogP contribution in [-0.4, -0.2) is 38.0 Å². The number of hydrogen-bond acceptors (Lipinski definition) is 5. The molecule has 4 atom stereocenters. The zero-order valence-electron chi connectivity index (χ0n) is 20.8. The van der Waals surface area contributed by atoms with Crippen molar-refractivity contribution >= 4 is 46.4 Å². The second-order valence-electron chi connectivity index (χ2n) is 9.32. The van der Waals surface area contributed by atoms with Gasteiger partial charge in [-0.1, -0.05) is 29.8 Å². The number of nitrogens with one attached hydrogen (secondary N) is 2. The van der Waals surface area contributed by atoms with E-state index in [2.05, 4.69) is 20.7 Å². The van der Waals surface area contributed by atoms with Crippen molar-refractivity contribution in [1.82, 2.24) is 25.4 Å². The van der Waals surface area contributed by atoms with Gasteiger partial charge in [-0.3, -0.25) is 9.59 Å². The number of nitrogens with zero attached hydrogens (tertiary/aromatic N) is 3. The van der Waals surface area contributed by atoms with Crippen LogP contribution in [0, 0.1) is 5.92 Å². The van der Waals surface area contributed by atoms with Crippen molar-refractivity contribution in [1.29, 1.82) is 0 Å². The minimum absolute atomic E-state index is 0.00702. The van der Waals surface area contributed by atoms with Crippen LogP contribution in [0.5, 0.6) is 0 Å². The quantitative estimate of drug-likeness (QED) is 0.335. The van der Waals surface area contributed by atoms with Gasteiger partial charge in [0, 0.05) is 23.8 Å². The van der Waals surface area contributed by atoms with Crippen molar-refractivity contribution in [3.63, 3.8) is 0 Å². The number of thiophene rings is 1. The van der Waals surface area contributed by atoms with E-state index in [0.29, 0.717) is 12.5 Å². The predicted molar refractivity (Wildman–Crippen MR) is 147 cm³/mol. The maximum Gasteiger partial charge on any atom is 0.435 e. The van der Waals surface area contributed by atoms with E-state index in [-0.39, 0.29) is 28.4 Å². The molecule has 2 aliphatic carbocycles. The summed E-state index contributed by atoms with van der Waals surface area (Å²) in [5.41, 5.74) is 0.155. The number of carbonyl (C=O) groups excluding carboxylic acids is 2. The molecule has 0 saturated carbocycles. The second-order valence-corrected chi connectivity index (χ2v) is 11.0. The van der Waals surface area contributed by atoms with Crippen molar-refractivity contribution < 1.29 is 22.8 Å². The maximum atomic E-state index is 13.6. The number of rotatable bonds is 6. The minimum atomic E-state index is -4.84. The van der Waals surface area contributed by atoms with Gasteiger partial charge in [0.05, 0.1) is 22.5 Å². The standard InChI is InChI=1S/C27H22Cl2F3N5O2S/c1-14(16-8-10-40-13-16)34-25(38)18-11-15-5-2-3-6-17(15)22(29)23(18)35-26(39)20-12-21(27(30,31)32)36-37(20)24-19(28)7-4-9-33-24/h2-5,7-14,17,22-23H,6H2,1H3,(H,34,38)(H,35,39). The van der Waals surface area contributed by atoms with Gasteiger partial charge in [0.15, 0.2) is 11.5 Å². The smallest absolute Gasteiger partial charge is 0.346 e. The van der Waals surface area contributed by atoms with Gasteiger partial charge < -0.3 is 10.6 Å². The third kappa shape index (κ3) is 5.59. The van der Waals surface area contributed by atoms with Crippen molar-refractivity contribution in [2.75, 3.05) is 0 Å². The molecule has 2 N–H and O–H groups in total. The SMILES string of the molecule is CC(NC(=O)C1=CC2=CC=CCC2C(Cl)C1NC(=O)c1cc(C(F)(F)F)nn1-c1ncccc1Cl)c1ccsc1. The van der Waals surface area contributed by atoms with E-state index in [0.717, 1.165) is 15.8 Å². The summed E-state index contributed by atoms with van der Waals surface area (Å²) in [4.78, 5) is 31.1. The van der Waals surface area contributed by atoms with Crippen molar-refractivity contribution in [2.24, 2.45) is 5.92 Å². The fraction of sp³-hybridized carbons (Fsp3) is 0.259. The third-order valence-electron chi connectivity index (χ3n) is 6.71. The Kier molecular flexibility index (Phi) is 7.89. The van der Waals surface area contributed by atoms with Crippen molar-refractivity contribution in [2.45, 2.75) is 37.0 Å². The van der Waals surface area contributed by atoms with E-state index < -0.39 is 40.8 Å². The summed E-state index contributed by atoms with van der Waals surface area (Å²) >= 11 is 14.5. The number of allylic oxidation sites excluding steroid dienone is 5. The molecule has 0 bridgehead atoms. The van der Waals surface area contributed by atoms with Gasteiger partial charge in [0.1, 0.15) is 5.69 Å². The van der Waals surface area contributed by atoms with E-state index in [9.17, 15) is 22.8 Å². The first-order chi connectivity index (χ1) is 19.0. The van der Waals surface area contributed by atoms with Crippen LogP contribution in [0.4, 0.5) is 13.2 Å². The molecule has 0 spiro atoms. The van der Waals surface area contributed by atoms with Gasteiger partial charge in [0.25, 0.3) is 5.91 Å². The molecule has 7 nitrogen and oxygen atoms in total. The zero-order valence-corrected chi connectivity index (χ0v) is 23.2. The van der Waals surface area contributed by atoms with Gasteiger partial charge >= 0.3 is 6.18 Å². The first kappa shape index (κ1) is 28.1. The number of pyridine rings is 1. The Morgan fingerprint density at radius 1 is 1.25 bits per heavy atom. The summed E-state index contributed by atoms with van der Waals surface area (Å²) in [7, 11) is 0. The van der Waals surface area contributed by atoms with Crippen LogP contribution in [0.2, 0.25) is 5.02 Å². The molecule has 2 aliphatic rings. The Bertz CT molecular complexity index is 1530. The van der Waals surface area contributed by atoms with Gasteiger partial charge in [-0.25, -0.2) is 9.67 Å². The van der Waals surface area contributed by atoms with Gasteiger partial charge in [-0.05, 0) is 59.5 Å². The van der Waals surface area contributed by atoms with Crippen LogP contribution in [0.3, 0.4) is 0 Å². The van der Waals surface area contributed by atoms with Crippen molar-refractivity contribution in [3.05, 3.63) is 98.6 Å². The Morgan fingerprint density at radius 2 is 2.05 bits per heavy atom. The molecule has 0 fully saturated rings. The molecule has 0 saturated heterocycles. The van der Waals surface area contributed by atoms with Crippen LogP contribution in [0.25, 0.3) is 5.82 Å². The molecular formula is C27H22Cl2F3N5O2S. The molecule has 3 aromatic rings. The lowest BCUT2D eigenvalue weighted by atomic mass is 9.77. The number of alkyl halides is 4. The highest BCUT2D eigenvalue weighted by atomic mass is 35.5. The van der Waals surface area contributed by atoms with Gasteiger partial charge in [-0.2, -0.15) is 29.6 Å². The van der Waals surface area contributed by atoms with Crippen molar-refractivity contribution in [3.8, 4) is 5.82 Å². The first-order valence-electron chi connectivity index (χ1n) is 12.2. The Morgan fingerprint density at radius 3 is 2.75 bits per heavy atom. The minimum Gasteiger partial charge on any atom is -0.346 e. The van der Waals surface area contributed by atoms with Crippen LogP contribution in [-0.2, 0) is 11.0 Å². The van der Waals surface area contributed by atoms with Gasteiger partial charge in [-0.15, -0.1) is 11.6 Å². The summed E-state index contributed by atoms with van der Waals surface area (Å²) < 4.78 is 41.6. The second kappa shape index (κ2) is 11.2. The average Bonchev–Trinajstić information content (AvgIpc) is 3.61. The molecule has 2 amide bonds. The predicted octanol–water partition coefficient (Wildman–Crippen LogP) is 6.03. The van der Waals surface area contributed by atoms with E-state index in [1.165, 1.54) is 29.7 Å². The Labute approximate surface area is 241 Å². The molecule has 5 rings (SSSR count). The van der Waals surface area contributed by atoms with E-state index >= 15 is 0 Å². The van der Waals surface area contributed by atoms with E-state index in [1.807, 2.05) is 42.0 Å². The molecular weight excluding hydrogens is 586 g/mol. The molecule has 208 valence electrons. The highest BCUT2D eigenvalue weighted by Crippen LogP contribution is 2.38. The summed E-state index contributed by atoms with van der Waals surface area (Å²) in [5.74, 6) is -1.76. The Balaban J connectivity index is 1.51. The summed E-state index contributed by atoms with van der Waals surface area (Å²) in [6.45, 7) is 1.83. The largest absolute Gasteiger partial charge is 0.435 e.